The van der Waals surface area contributed by atoms with Crippen molar-refractivity contribution in [1.29, 1.82) is 0 Å². The molecule has 1 fully saturated rings. The van der Waals surface area contributed by atoms with Crippen LogP contribution in [0.4, 0.5) is 0 Å². The Bertz CT molecular complexity index is 1250. The molecule has 1 nitrogen and oxygen atoms in total. The minimum Gasteiger partial charge on any atom is -0.299 e. The number of fused-ring (bicyclic) bond motifs is 10. The Morgan fingerprint density at radius 2 is 1.07 bits per heavy atom. The number of hydrogen-bond acceptors (Lipinski definition) is 1. The van der Waals surface area contributed by atoms with E-state index in [2.05, 4.69) is 95.9 Å². The lowest BCUT2D eigenvalue weighted by Crippen LogP contribution is -2.37. The third-order valence-electron chi connectivity index (χ3n) is 7.44. The molecule has 0 unspecified atom stereocenters. The van der Waals surface area contributed by atoms with Crippen molar-refractivity contribution in [2.75, 3.05) is 13.1 Å². The highest BCUT2D eigenvalue weighted by Crippen LogP contribution is 2.63. The molecule has 2 aliphatic carbocycles. The smallest absolute Gasteiger partial charge is 0.0728 e. The van der Waals surface area contributed by atoms with Gasteiger partial charge >= 0.3 is 0 Å². The molecule has 4 aromatic rings. The maximum atomic E-state index is 2.58. The van der Waals surface area contributed by atoms with E-state index < -0.39 is 0 Å². The van der Waals surface area contributed by atoms with Crippen LogP contribution in [0.25, 0.3) is 22.3 Å². The second-order valence-corrected chi connectivity index (χ2v) is 8.86. The van der Waals surface area contributed by atoms with E-state index in [9.17, 15) is 0 Å². The zero-order valence-electron chi connectivity index (χ0n) is 16.9. The summed E-state index contributed by atoms with van der Waals surface area (Å²) in [7, 11) is 0. The fraction of sp³-hybridized carbons (Fsp3) is 0.172. The van der Waals surface area contributed by atoms with Gasteiger partial charge in [0.05, 0.1) is 5.41 Å². The predicted molar refractivity (Wildman–Crippen MR) is 123 cm³/mol. The standard InChI is InChI=1S/C29H23N/c1-4-14-25-21(10-1)22-11-2-5-15-26(22)29(25)27-16-6-3-12-23(27)24-13-7-9-20(28(24)29)19-30-17-8-18-30/h1-7,9-16H,8,17-19H2. The normalized spacial score (nSPS) is 17.2. The minimum atomic E-state index is -0.208. The molecular weight excluding hydrogens is 362 g/mol. The molecule has 0 N–H and O–H groups in total. The van der Waals surface area contributed by atoms with Crippen LogP contribution in [0, 0.1) is 0 Å². The first kappa shape index (κ1) is 16.6. The van der Waals surface area contributed by atoms with Gasteiger partial charge in [-0.15, -0.1) is 0 Å². The van der Waals surface area contributed by atoms with Gasteiger partial charge in [0.2, 0.25) is 0 Å². The van der Waals surface area contributed by atoms with Crippen molar-refractivity contribution in [1.82, 2.24) is 4.90 Å². The first-order valence-corrected chi connectivity index (χ1v) is 11.0. The van der Waals surface area contributed by atoms with Crippen LogP contribution in [-0.2, 0) is 12.0 Å². The zero-order valence-corrected chi connectivity index (χ0v) is 16.9. The van der Waals surface area contributed by atoms with Crippen molar-refractivity contribution in [3.63, 3.8) is 0 Å². The lowest BCUT2D eigenvalue weighted by Gasteiger charge is -2.35. The first-order valence-electron chi connectivity index (χ1n) is 11.0. The van der Waals surface area contributed by atoms with Crippen molar-refractivity contribution >= 4 is 0 Å². The maximum Gasteiger partial charge on any atom is 0.0728 e. The molecule has 1 spiro atoms. The Labute approximate surface area is 177 Å². The Morgan fingerprint density at radius 3 is 1.60 bits per heavy atom. The molecule has 4 aromatic carbocycles. The molecule has 0 saturated carbocycles. The minimum absolute atomic E-state index is 0.208. The summed E-state index contributed by atoms with van der Waals surface area (Å²) in [5.41, 5.74) is 12.7. The van der Waals surface area contributed by atoms with Gasteiger partial charge in [-0.25, -0.2) is 0 Å². The van der Waals surface area contributed by atoms with Crippen LogP contribution in [0.15, 0.2) is 91.0 Å². The highest BCUT2D eigenvalue weighted by atomic mass is 15.2. The summed E-state index contributed by atoms with van der Waals surface area (Å²) < 4.78 is 0. The summed E-state index contributed by atoms with van der Waals surface area (Å²) in [6, 6.07) is 34.2. The molecular formula is C29H23N. The summed E-state index contributed by atoms with van der Waals surface area (Å²) in [5, 5.41) is 0. The molecule has 0 radical (unpaired) electrons. The SMILES string of the molecule is c1ccc2c(c1)-c1ccccc1C21c2ccccc2-c2cccc(CN3CCC3)c21. The molecule has 1 heterocycles. The second-order valence-electron chi connectivity index (χ2n) is 8.86. The summed E-state index contributed by atoms with van der Waals surface area (Å²) in [5.74, 6) is 0. The van der Waals surface area contributed by atoms with Crippen molar-refractivity contribution in [2.24, 2.45) is 0 Å². The number of hydrogen-bond donors (Lipinski definition) is 0. The monoisotopic (exact) mass is 385 g/mol. The Kier molecular flexibility index (Phi) is 3.29. The molecule has 0 amide bonds. The van der Waals surface area contributed by atoms with Gasteiger partial charge in [-0.05, 0) is 69.6 Å². The van der Waals surface area contributed by atoms with Crippen LogP contribution in [0.1, 0.15) is 34.2 Å². The molecule has 0 aromatic heterocycles. The van der Waals surface area contributed by atoms with Crippen molar-refractivity contribution in [2.45, 2.75) is 18.4 Å². The number of benzene rings is 4. The molecule has 7 rings (SSSR count). The van der Waals surface area contributed by atoms with Gasteiger partial charge in [-0.2, -0.15) is 0 Å². The van der Waals surface area contributed by atoms with Crippen molar-refractivity contribution in [3.05, 3.63) is 119 Å². The zero-order chi connectivity index (χ0) is 19.7. The highest BCUT2D eigenvalue weighted by molar-refractivity contribution is 5.95. The third-order valence-corrected chi connectivity index (χ3v) is 7.44. The Hall–Kier alpha value is -3.16. The Balaban J connectivity index is 1.64. The quantitative estimate of drug-likeness (QED) is 0.341. The predicted octanol–water partition coefficient (Wildman–Crippen LogP) is 6.24. The van der Waals surface area contributed by atoms with E-state index in [1.807, 2.05) is 0 Å². The van der Waals surface area contributed by atoms with Crippen LogP contribution in [0.2, 0.25) is 0 Å². The molecule has 0 atom stereocenters. The second kappa shape index (κ2) is 5.93. The van der Waals surface area contributed by atoms with E-state index in [1.165, 1.54) is 69.6 Å². The van der Waals surface area contributed by atoms with E-state index in [-0.39, 0.29) is 5.41 Å². The Morgan fingerprint density at radius 1 is 0.567 bits per heavy atom. The third kappa shape index (κ3) is 1.92. The van der Waals surface area contributed by atoms with Gasteiger partial charge in [0.15, 0.2) is 0 Å². The summed E-state index contributed by atoms with van der Waals surface area (Å²) in [6.45, 7) is 3.48. The molecule has 3 aliphatic rings. The van der Waals surface area contributed by atoms with Gasteiger partial charge in [0.1, 0.15) is 0 Å². The summed E-state index contributed by atoms with van der Waals surface area (Å²) in [6.07, 6.45) is 1.33. The van der Waals surface area contributed by atoms with Crippen LogP contribution in [-0.4, -0.2) is 18.0 Å². The van der Waals surface area contributed by atoms with Crippen LogP contribution in [0.5, 0.6) is 0 Å². The lowest BCUT2D eigenvalue weighted by atomic mass is 9.69. The summed E-state index contributed by atoms with van der Waals surface area (Å²) >= 11 is 0. The number of nitrogens with zero attached hydrogens (tertiary/aromatic N) is 1. The first-order chi connectivity index (χ1) is 14.9. The number of rotatable bonds is 2. The van der Waals surface area contributed by atoms with Gasteiger partial charge in [0, 0.05) is 6.54 Å². The van der Waals surface area contributed by atoms with Crippen LogP contribution >= 0.6 is 0 Å². The molecule has 0 bridgehead atoms. The molecule has 144 valence electrons. The topological polar surface area (TPSA) is 3.24 Å². The van der Waals surface area contributed by atoms with E-state index in [0.29, 0.717) is 0 Å². The molecule has 1 saturated heterocycles. The van der Waals surface area contributed by atoms with E-state index in [4.69, 9.17) is 0 Å². The van der Waals surface area contributed by atoms with Crippen molar-refractivity contribution in [3.8, 4) is 22.3 Å². The van der Waals surface area contributed by atoms with Crippen molar-refractivity contribution < 1.29 is 0 Å². The van der Waals surface area contributed by atoms with E-state index in [1.54, 1.807) is 0 Å². The highest BCUT2D eigenvalue weighted by Gasteiger charge is 2.52. The van der Waals surface area contributed by atoms with Crippen LogP contribution < -0.4 is 0 Å². The van der Waals surface area contributed by atoms with Gasteiger partial charge in [0.25, 0.3) is 0 Å². The average molecular weight is 386 g/mol. The number of likely N-dealkylation sites (tertiary alicyclic amines) is 1. The lowest BCUT2D eigenvalue weighted by molar-refractivity contribution is 0.172. The van der Waals surface area contributed by atoms with Crippen LogP contribution in [0.3, 0.4) is 0 Å². The average Bonchev–Trinajstić information content (AvgIpc) is 3.24. The van der Waals surface area contributed by atoms with E-state index in [0.717, 1.165) is 6.54 Å². The van der Waals surface area contributed by atoms with Gasteiger partial charge in [-0.3, -0.25) is 4.90 Å². The molecule has 1 heteroatoms. The fourth-order valence-electron chi connectivity index (χ4n) is 6.15. The van der Waals surface area contributed by atoms with E-state index >= 15 is 0 Å². The fourth-order valence-corrected chi connectivity index (χ4v) is 6.15. The molecule has 30 heavy (non-hydrogen) atoms. The largest absolute Gasteiger partial charge is 0.299 e. The van der Waals surface area contributed by atoms with Gasteiger partial charge < -0.3 is 0 Å². The summed E-state index contributed by atoms with van der Waals surface area (Å²) in [4.78, 5) is 2.58. The maximum absolute atomic E-state index is 2.58. The molecule has 1 aliphatic heterocycles. The van der Waals surface area contributed by atoms with Gasteiger partial charge in [-0.1, -0.05) is 91.0 Å².